The molecule has 1 heterocycles. The predicted molar refractivity (Wildman–Crippen MR) is 74.5 cm³/mol. The number of halogens is 2. The summed E-state index contributed by atoms with van der Waals surface area (Å²) in [5, 5.41) is 10.9. The number of aromatic amines is 1. The summed E-state index contributed by atoms with van der Waals surface area (Å²) in [6.45, 7) is 1.79. The van der Waals surface area contributed by atoms with E-state index in [0.717, 1.165) is 28.7 Å². The van der Waals surface area contributed by atoms with Crippen LogP contribution in [-0.2, 0) is 0 Å². The monoisotopic (exact) mass is 273 g/mol. The van der Waals surface area contributed by atoms with Crippen molar-refractivity contribution in [3.8, 4) is 0 Å². The van der Waals surface area contributed by atoms with Gasteiger partial charge >= 0.3 is 0 Å². The lowest BCUT2D eigenvalue weighted by atomic mass is 10.1. The Hall–Kier alpha value is -2.43. The van der Waals surface area contributed by atoms with Crippen LogP contribution in [0.1, 0.15) is 18.5 Å². The Labute approximate surface area is 114 Å². The van der Waals surface area contributed by atoms with E-state index in [9.17, 15) is 8.78 Å². The molecule has 0 spiro atoms. The Morgan fingerprint density at radius 2 is 2.00 bits per heavy atom. The molecule has 2 N–H and O–H groups in total. The predicted octanol–water partition coefficient (Wildman–Crippen LogP) is 4.01. The van der Waals surface area contributed by atoms with Gasteiger partial charge in [0, 0.05) is 16.6 Å². The van der Waals surface area contributed by atoms with Crippen molar-refractivity contribution in [3.63, 3.8) is 0 Å². The lowest BCUT2D eigenvalue weighted by Gasteiger charge is -2.16. The zero-order chi connectivity index (χ0) is 14.1. The van der Waals surface area contributed by atoms with E-state index in [4.69, 9.17) is 0 Å². The average molecular weight is 273 g/mol. The van der Waals surface area contributed by atoms with Crippen molar-refractivity contribution in [1.82, 2.24) is 10.2 Å². The highest BCUT2D eigenvalue weighted by Crippen LogP contribution is 2.24. The molecule has 5 heteroatoms. The van der Waals surface area contributed by atoms with E-state index in [0.29, 0.717) is 5.56 Å². The van der Waals surface area contributed by atoms with E-state index >= 15 is 0 Å². The zero-order valence-corrected chi connectivity index (χ0v) is 10.8. The Balaban J connectivity index is 1.87. The molecule has 3 aromatic rings. The smallest absolute Gasteiger partial charge is 0.128 e. The van der Waals surface area contributed by atoms with Gasteiger partial charge in [-0.15, -0.1) is 0 Å². The molecule has 20 heavy (non-hydrogen) atoms. The maximum Gasteiger partial charge on any atom is 0.128 e. The summed E-state index contributed by atoms with van der Waals surface area (Å²) in [5.41, 5.74) is 2.06. The minimum absolute atomic E-state index is 0.303. The lowest BCUT2D eigenvalue weighted by molar-refractivity contribution is 0.577. The van der Waals surface area contributed by atoms with Crippen molar-refractivity contribution >= 4 is 16.6 Å². The molecule has 0 aliphatic heterocycles. The molecular weight excluding hydrogens is 260 g/mol. The van der Waals surface area contributed by atoms with Gasteiger partial charge in [-0.25, -0.2) is 8.78 Å². The molecule has 1 aromatic heterocycles. The summed E-state index contributed by atoms with van der Waals surface area (Å²) in [6, 6.07) is 8.80. The van der Waals surface area contributed by atoms with Crippen LogP contribution in [0.3, 0.4) is 0 Å². The Kier molecular flexibility index (Phi) is 3.10. The first-order valence-corrected chi connectivity index (χ1v) is 6.28. The molecule has 2 aromatic carbocycles. The Morgan fingerprint density at radius 3 is 2.85 bits per heavy atom. The van der Waals surface area contributed by atoms with E-state index in [1.165, 1.54) is 6.07 Å². The summed E-state index contributed by atoms with van der Waals surface area (Å²) in [6.07, 6.45) is 1.72. The van der Waals surface area contributed by atoms with Gasteiger partial charge in [-0.1, -0.05) is 0 Å². The van der Waals surface area contributed by atoms with E-state index < -0.39 is 11.6 Å². The Bertz CT molecular complexity index is 752. The summed E-state index contributed by atoms with van der Waals surface area (Å²) >= 11 is 0. The number of fused-ring (bicyclic) bond motifs is 1. The van der Waals surface area contributed by atoms with E-state index in [-0.39, 0.29) is 6.04 Å². The molecule has 0 aliphatic rings. The lowest BCUT2D eigenvalue weighted by Crippen LogP contribution is -2.09. The summed E-state index contributed by atoms with van der Waals surface area (Å²) in [4.78, 5) is 0. The van der Waals surface area contributed by atoms with Crippen molar-refractivity contribution in [2.45, 2.75) is 13.0 Å². The standard InChI is InChI=1S/C15H13F2N3/c1-9(13-7-11(16)2-4-14(13)17)19-12-3-5-15-10(6-12)8-18-20-15/h2-9,19H,1H3,(H,18,20). The number of anilines is 1. The van der Waals surface area contributed by atoms with E-state index in [2.05, 4.69) is 15.5 Å². The van der Waals surface area contributed by atoms with Gasteiger partial charge in [0.15, 0.2) is 0 Å². The second kappa shape index (κ2) is 4.92. The number of H-pyrrole nitrogens is 1. The van der Waals surface area contributed by atoms with Crippen LogP contribution in [0.5, 0.6) is 0 Å². The topological polar surface area (TPSA) is 40.7 Å². The van der Waals surface area contributed by atoms with Gasteiger partial charge in [-0.05, 0) is 43.3 Å². The minimum Gasteiger partial charge on any atom is -0.378 e. The van der Waals surface area contributed by atoms with Gasteiger partial charge in [0.25, 0.3) is 0 Å². The highest BCUT2D eigenvalue weighted by atomic mass is 19.1. The number of nitrogens with zero attached hydrogens (tertiary/aromatic N) is 1. The van der Waals surface area contributed by atoms with Crippen LogP contribution in [0.25, 0.3) is 10.9 Å². The fourth-order valence-electron chi connectivity index (χ4n) is 2.21. The molecule has 3 rings (SSSR count). The molecule has 0 amide bonds. The SMILES string of the molecule is CC(Nc1ccc2[nH]ncc2c1)c1cc(F)ccc1F. The van der Waals surface area contributed by atoms with E-state index in [1.807, 2.05) is 18.2 Å². The van der Waals surface area contributed by atoms with E-state index in [1.54, 1.807) is 13.1 Å². The minimum atomic E-state index is -0.444. The summed E-state index contributed by atoms with van der Waals surface area (Å²) < 4.78 is 26.9. The molecule has 1 atom stereocenters. The molecule has 3 nitrogen and oxygen atoms in total. The highest BCUT2D eigenvalue weighted by molar-refractivity contribution is 5.81. The van der Waals surface area contributed by atoms with Crippen molar-refractivity contribution in [1.29, 1.82) is 0 Å². The highest BCUT2D eigenvalue weighted by Gasteiger charge is 2.12. The molecule has 0 bridgehead atoms. The van der Waals surface area contributed by atoms with Crippen molar-refractivity contribution in [2.24, 2.45) is 0 Å². The molecule has 1 unspecified atom stereocenters. The molecule has 0 saturated heterocycles. The largest absolute Gasteiger partial charge is 0.378 e. The van der Waals surface area contributed by atoms with Crippen LogP contribution in [0.15, 0.2) is 42.6 Å². The van der Waals surface area contributed by atoms with Crippen molar-refractivity contribution < 1.29 is 8.78 Å². The normalized spacial score (nSPS) is 12.6. The average Bonchev–Trinajstić information content (AvgIpc) is 2.89. The third-order valence-electron chi connectivity index (χ3n) is 3.25. The van der Waals surface area contributed by atoms with Gasteiger partial charge in [-0.3, -0.25) is 5.10 Å². The molecule has 0 saturated carbocycles. The quantitative estimate of drug-likeness (QED) is 0.756. The van der Waals surface area contributed by atoms with Crippen molar-refractivity contribution in [3.05, 3.63) is 59.8 Å². The first kappa shape index (κ1) is 12.6. The first-order chi connectivity index (χ1) is 9.63. The summed E-state index contributed by atoms with van der Waals surface area (Å²) in [5.74, 6) is -0.865. The zero-order valence-electron chi connectivity index (χ0n) is 10.8. The number of hydrogen-bond donors (Lipinski definition) is 2. The third-order valence-corrected chi connectivity index (χ3v) is 3.25. The number of benzene rings is 2. The van der Waals surface area contributed by atoms with Crippen LogP contribution < -0.4 is 5.32 Å². The number of aromatic nitrogens is 2. The molecule has 102 valence electrons. The van der Waals surface area contributed by atoms with Gasteiger partial charge < -0.3 is 5.32 Å². The Morgan fingerprint density at radius 1 is 1.15 bits per heavy atom. The van der Waals surface area contributed by atoms with Crippen LogP contribution in [0.4, 0.5) is 14.5 Å². The first-order valence-electron chi connectivity index (χ1n) is 6.28. The van der Waals surface area contributed by atoms with Gasteiger partial charge in [0.05, 0.1) is 17.8 Å². The van der Waals surface area contributed by atoms with Crippen LogP contribution in [0, 0.1) is 11.6 Å². The molecule has 0 radical (unpaired) electrons. The van der Waals surface area contributed by atoms with Crippen molar-refractivity contribution in [2.75, 3.05) is 5.32 Å². The summed E-state index contributed by atoms with van der Waals surface area (Å²) in [7, 11) is 0. The number of nitrogens with one attached hydrogen (secondary N) is 2. The number of hydrogen-bond acceptors (Lipinski definition) is 2. The fraction of sp³-hybridized carbons (Fsp3) is 0.133. The second-order valence-electron chi connectivity index (χ2n) is 4.70. The van der Waals surface area contributed by atoms with Gasteiger partial charge in [-0.2, -0.15) is 5.10 Å². The maximum absolute atomic E-state index is 13.7. The van der Waals surface area contributed by atoms with Gasteiger partial charge in [0.2, 0.25) is 0 Å². The second-order valence-corrected chi connectivity index (χ2v) is 4.70. The maximum atomic E-state index is 13.7. The van der Waals surface area contributed by atoms with Crippen LogP contribution in [-0.4, -0.2) is 10.2 Å². The fourth-order valence-corrected chi connectivity index (χ4v) is 2.21. The third kappa shape index (κ3) is 2.34. The van der Waals surface area contributed by atoms with Crippen LogP contribution >= 0.6 is 0 Å². The molecular formula is C15H13F2N3. The number of rotatable bonds is 3. The molecule has 0 fully saturated rings. The molecule has 0 aliphatic carbocycles. The van der Waals surface area contributed by atoms with Crippen LogP contribution in [0.2, 0.25) is 0 Å². The van der Waals surface area contributed by atoms with Gasteiger partial charge in [0.1, 0.15) is 11.6 Å².